The molecule has 0 aromatic rings. The number of aliphatic hydroxyl groups is 1. The van der Waals surface area contributed by atoms with E-state index in [0.29, 0.717) is 24.8 Å². The van der Waals surface area contributed by atoms with Gasteiger partial charge in [0.05, 0.1) is 6.54 Å². The molecule has 102 valence electrons. The van der Waals surface area contributed by atoms with E-state index in [1.54, 1.807) is 0 Å². The normalized spacial score (nSPS) is 13.1. The van der Waals surface area contributed by atoms with Crippen molar-refractivity contribution < 1.29 is 9.90 Å². The van der Waals surface area contributed by atoms with Crippen LogP contribution in [0, 0.1) is 11.8 Å². The zero-order valence-corrected chi connectivity index (χ0v) is 11.6. The fourth-order valence-corrected chi connectivity index (χ4v) is 1.60. The van der Waals surface area contributed by atoms with E-state index in [4.69, 9.17) is 5.11 Å². The zero-order chi connectivity index (χ0) is 13.3. The number of nitrogens with one attached hydrogen (secondary N) is 2. The van der Waals surface area contributed by atoms with E-state index in [-0.39, 0.29) is 18.6 Å². The van der Waals surface area contributed by atoms with Crippen LogP contribution in [-0.4, -0.2) is 36.8 Å². The molecule has 1 atom stereocenters. The first kappa shape index (κ1) is 16.4. The van der Waals surface area contributed by atoms with E-state index in [1.807, 2.05) is 0 Å². The molecule has 0 aliphatic heterocycles. The summed E-state index contributed by atoms with van der Waals surface area (Å²) < 4.78 is 0. The maximum absolute atomic E-state index is 11.5. The Morgan fingerprint density at radius 2 is 1.82 bits per heavy atom. The van der Waals surface area contributed by atoms with Gasteiger partial charge in [-0.05, 0) is 24.7 Å². The molecule has 1 unspecified atom stereocenters. The molecular weight excluding hydrogens is 216 g/mol. The summed E-state index contributed by atoms with van der Waals surface area (Å²) in [6.45, 7) is 9.69. The minimum atomic E-state index is 0.0363. The van der Waals surface area contributed by atoms with Crippen LogP contribution in [0.15, 0.2) is 0 Å². The highest BCUT2D eigenvalue weighted by Gasteiger charge is 2.13. The summed E-state index contributed by atoms with van der Waals surface area (Å²) >= 11 is 0. The molecule has 3 N–H and O–H groups in total. The molecule has 0 bridgehead atoms. The van der Waals surface area contributed by atoms with Crippen LogP contribution in [0.1, 0.15) is 40.5 Å². The van der Waals surface area contributed by atoms with Crippen LogP contribution in [0.2, 0.25) is 0 Å². The number of hydrogen-bond donors (Lipinski definition) is 3. The second-order valence-corrected chi connectivity index (χ2v) is 5.28. The molecule has 1 amide bonds. The molecule has 0 heterocycles. The second-order valence-electron chi connectivity index (χ2n) is 5.28. The summed E-state index contributed by atoms with van der Waals surface area (Å²) in [4.78, 5) is 11.5. The van der Waals surface area contributed by atoms with Crippen LogP contribution in [-0.2, 0) is 4.79 Å². The first-order valence-electron chi connectivity index (χ1n) is 6.58. The smallest absolute Gasteiger partial charge is 0.233 e. The zero-order valence-electron chi connectivity index (χ0n) is 11.6. The summed E-state index contributed by atoms with van der Waals surface area (Å²) in [5, 5.41) is 15.0. The minimum absolute atomic E-state index is 0.0363. The van der Waals surface area contributed by atoms with Crippen molar-refractivity contribution in [2.24, 2.45) is 11.8 Å². The highest BCUT2D eigenvalue weighted by Crippen LogP contribution is 2.04. The predicted molar refractivity (Wildman–Crippen MR) is 70.8 cm³/mol. The Bertz CT molecular complexity index is 206. The number of carbonyl (C=O) groups is 1. The van der Waals surface area contributed by atoms with Gasteiger partial charge >= 0.3 is 0 Å². The molecular formula is C13H28N2O2. The maximum atomic E-state index is 11.5. The highest BCUT2D eigenvalue weighted by atomic mass is 16.3. The van der Waals surface area contributed by atoms with Crippen molar-refractivity contribution >= 4 is 5.91 Å². The number of carbonyl (C=O) groups excluding carboxylic acids is 1. The Labute approximate surface area is 105 Å². The predicted octanol–water partition coefficient (Wildman–Crippen LogP) is 1.15. The van der Waals surface area contributed by atoms with Gasteiger partial charge in [-0.25, -0.2) is 0 Å². The van der Waals surface area contributed by atoms with E-state index in [0.717, 1.165) is 13.0 Å². The lowest BCUT2D eigenvalue weighted by Gasteiger charge is -2.21. The second kappa shape index (κ2) is 9.42. The van der Waals surface area contributed by atoms with Crippen molar-refractivity contribution in [2.75, 3.05) is 19.7 Å². The monoisotopic (exact) mass is 244 g/mol. The molecule has 0 aromatic heterocycles. The van der Waals surface area contributed by atoms with Gasteiger partial charge in [0, 0.05) is 19.2 Å². The fourth-order valence-electron chi connectivity index (χ4n) is 1.60. The van der Waals surface area contributed by atoms with Crippen LogP contribution in [0.4, 0.5) is 0 Å². The van der Waals surface area contributed by atoms with E-state index in [1.165, 1.54) is 0 Å². The molecule has 0 saturated heterocycles. The average molecular weight is 244 g/mol. The van der Waals surface area contributed by atoms with E-state index in [9.17, 15) is 4.79 Å². The van der Waals surface area contributed by atoms with Gasteiger partial charge in [0.2, 0.25) is 5.91 Å². The lowest BCUT2D eigenvalue weighted by molar-refractivity contribution is -0.120. The van der Waals surface area contributed by atoms with E-state index in [2.05, 4.69) is 38.3 Å². The van der Waals surface area contributed by atoms with E-state index >= 15 is 0 Å². The maximum Gasteiger partial charge on any atom is 0.233 e. The van der Waals surface area contributed by atoms with Gasteiger partial charge in [0.15, 0.2) is 0 Å². The van der Waals surface area contributed by atoms with Gasteiger partial charge in [0.1, 0.15) is 0 Å². The number of hydrogen-bond acceptors (Lipinski definition) is 3. The Hall–Kier alpha value is -0.610. The van der Waals surface area contributed by atoms with Crippen molar-refractivity contribution in [1.82, 2.24) is 10.6 Å². The summed E-state index contributed by atoms with van der Waals surface area (Å²) in [5.74, 6) is 1.07. The van der Waals surface area contributed by atoms with Crippen LogP contribution in [0.25, 0.3) is 0 Å². The molecule has 0 rings (SSSR count). The summed E-state index contributed by atoms with van der Waals surface area (Å²) in [5.41, 5.74) is 0. The molecule has 0 aliphatic carbocycles. The molecule has 0 aliphatic rings. The molecule has 4 nitrogen and oxygen atoms in total. The Balaban J connectivity index is 3.72. The largest absolute Gasteiger partial charge is 0.396 e. The first-order chi connectivity index (χ1) is 7.97. The van der Waals surface area contributed by atoms with Crippen molar-refractivity contribution in [2.45, 2.75) is 46.6 Å². The van der Waals surface area contributed by atoms with Gasteiger partial charge < -0.3 is 15.7 Å². The number of rotatable bonds is 9. The lowest BCUT2D eigenvalue weighted by Crippen LogP contribution is -2.42. The van der Waals surface area contributed by atoms with Gasteiger partial charge in [-0.1, -0.05) is 27.7 Å². The van der Waals surface area contributed by atoms with Crippen LogP contribution < -0.4 is 10.6 Å². The standard InChI is InChI=1S/C13H28N2O2/c1-10(2)5-7-14-13(17)9-15-12(6-8-16)11(3)4/h10-12,15-16H,5-9H2,1-4H3,(H,14,17). The van der Waals surface area contributed by atoms with Gasteiger partial charge in [-0.15, -0.1) is 0 Å². The molecule has 0 radical (unpaired) electrons. The Morgan fingerprint density at radius 1 is 1.18 bits per heavy atom. The Kier molecular flexibility index (Phi) is 9.09. The third kappa shape index (κ3) is 9.12. The van der Waals surface area contributed by atoms with Crippen molar-refractivity contribution in [3.05, 3.63) is 0 Å². The minimum Gasteiger partial charge on any atom is -0.396 e. The van der Waals surface area contributed by atoms with Gasteiger partial charge in [-0.2, -0.15) is 0 Å². The molecule has 0 aromatic carbocycles. The van der Waals surface area contributed by atoms with Crippen LogP contribution in [0.3, 0.4) is 0 Å². The van der Waals surface area contributed by atoms with Crippen LogP contribution >= 0.6 is 0 Å². The fraction of sp³-hybridized carbons (Fsp3) is 0.923. The number of amides is 1. The summed E-state index contributed by atoms with van der Waals surface area (Å²) in [6, 6.07) is 0.204. The van der Waals surface area contributed by atoms with Gasteiger partial charge in [-0.3, -0.25) is 4.79 Å². The molecule has 0 saturated carbocycles. The van der Waals surface area contributed by atoms with Crippen molar-refractivity contribution in [1.29, 1.82) is 0 Å². The highest BCUT2D eigenvalue weighted by molar-refractivity contribution is 5.77. The van der Waals surface area contributed by atoms with Crippen molar-refractivity contribution in [3.63, 3.8) is 0 Å². The average Bonchev–Trinajstić information content (AvgIpc) is 2.23. The third-order valence-corrected chi connectivity index (χ3v) is 2.81. The molecule has 17 heavy (non-hydrogen) atoms. The summed E-state index contributed by atoms with van der Waals surface area (Å²) in [7, 11) is 0. The topological polar surface area (TPSA) is 61.4 Å². The quantitative estimate of drug-likeness (QED) is 0.570. The first-order valence-corrected chi connectivity index (χ1v) is 6.58. The van der Waals surface area contributed by atoms with Crippen molar-refractivity contribution in [3.8, 4) is 0 Å². The number of aliphatic hydroxyl groups excluding tert-OH is 1. The summed E-state index contributed by atoms with van der Waals surface area (Å²) in [6.07, 6.45) is 1.70. The molecule has 4 heteroatoms. The van der Waals surface area contributed by atoms with Crippen LogP contribution in [0.5, 0.6) is 0 Å². The third-order valence-electron chi connectivity index (χ3n) is 2.81. The van der Waals surface area contributed by atoms with Gasteiger partial charge in [0.25, 0.3) is 0 Å². The SMILES string of the molecule is CC(C)CCNC(=O)CNC(CCO)C(C)C. The molecule has 0 spiro atoms. The van der Waals surface area contributed by atoms with E-state index < -0.39 is 0 Å². The molecule has 0 fully saturated rings. The lowest BCUT2D eigenvalue weighted by atomic mass is 10.0. The Morgan fingerprint density at radius 3 is 2.29 bits per heavy atom.